The van der Waals surface area contributed by atoms with Gasteiger partial charge in [0.25, 0.3) is 0 Å². The van der Waals surface area contributed by atoms with Crippen LogP contribution in [0.2, 0.25) is 0 Å². The monoisotopic (exact) mass is 345 g/mol. The highest BCUT2D eigenvalue weighted by Gasteiger charge is 2.48. The van der Waals surface area contributed by atoms with Crippen molar-refractivity contribution in [3.05, 3.63) is 28.8 Å². The second-order valence-corrected chi connectivity index (χ2v) is 7.40. The Bertz CT molecular complexity index is 661. The highest BCUT2D eigenvalue weighted by molar-refractivity contribution is 6.05. The summed E-state index contributed by atoms with van der Waals surface area (Å²) in [6.07, 6.45) is 2.71. The Kier molecular flexibility index (Phi) is 5.13. The third-order valence-electron chi connectivity index (χ3n) is 5.62. The van der Waals surface area contributed by atoms with Crippen LogP contribution in [0.4, 0.5) is 0 Å². The molecule has 136 valence electrons. The zero-order valence-corrected chi connectivity index (χ0v) is 15.2. The van der Waals surface area contributed by atoms with Crippen LogP contribution in [0, 0.1) is 32.6 Å². The molecule has 1 aromatic rings. The molecule has 5 nitrogen and oxygen atoms in total. The predicted octanol–water partition coefficient (Wildman–Crippen LogP) is 2.53. The molecule has 1 aliphatic heterocycles. The molecule has 0 bridgehead atoms. The largest absolute Gasteiger partial charge is 0.490 e. The molecule has 1 heterocycles. The minimum atomic E-state index is -0.882. The van der Waals surface area contributed by atoms with Crippen LogP contribution in [0.3, 0.4) is 0 Å². The van der Waals surface area contributed by atoms with Gasteiger partial charge in [-0.15, -0.1) is 0 Å². The molecule has 2 aliphatic rings. The lowest BCUT2D eigenvalue weighted by atomic mass is 9.81. The van der Waals surface area contributed by atoms with Crippen molar-refractivity contribution in [1.29, 1.82) is 0 Å². The zero-order valence-electron chi connectivity index (χ0n) is 15.2. The van der Waals surface area contributed by atoms with Gasteiger partial charge in [-0.3, -0.25) is 14.5 Å². The number of hydrogen-bond acceptors (Lipinski definition) is 4. The van der Waals surface area contributed by atoms with Crippen molar-refractivity contribution >= 4 is 11.8 Å². The summed E-state index contributed by atoms with van der Waals surface area (Å²) in [7, 11) is 0. The van der Waals surface area contributed by atoms with Crippen LogP contribution < -0.4 is 4.74 Å². The second-order valence-electron chi connectivity index (χ2n) is 7.40. The standard InChI is InChI=1S/C20H27NO4/c1-12-8-9-13(2)18(14(12)3)25-11-15(22)10-21-19(23)16-6-4-5-7-17(16)20(21)24/h8-9,15-17,22H,4-7,10-11H2,1-3H3. The Balaban J connectivity index is 1.62. The first kappa shape index (κ1) is 17.9. The van der Waals surface area contributed by atoms with Crippen molar-refractivity contribution in [3.8, 4) is 5.75 Å². The molecule has 3 atom stereocenters. The lowest BCUT2D eigenvalue weighted by molar-refractivity contribution is -0.141. The zero-order chi connectivity index (χ0) is 18.1. The molecule has 3 rings (SSSR count). The minimum absolute atomic E-state index is 0.0224. The topological polar surface area (TPSA) is 66.8 Å². The molecule has 1 aliphatic carbocycles. The van der Waals surface area contributed by atoms with Crippen LogP contribution in [-0.4, -0.2) is 41.1 Å². The Hall–Kier alpha value is -1.88. The summed E-state index contributed by atoms with van der Waals surface area (Å²) in [5, 5.41) is 10.3. The van der Waals surface area contributed by atoms with Crippen LogP contribution >= 0.6 is 0 Å². The number of carbonyl (C=O) groups excluding carboxylic acids is 2. The maximum absolute atomic E-state index is 12.5. The third-order valence-corrected chi connectivity index (χ3v) is 5.62. The molecule has 2 amide bonds. The summed E-state index contributed by atoms with van der Waals surface area (Å²) in [5.41, 5.74) is 3.19. The number of nitrogens with zero attached hydrogens (tertiary/aromatic N) is 1. The number of aryl methyl sites for hydroxylation is 2. The van der Waals surface area contributed by atoms with E-state index in [4.69, 9.17) is 4.74 Å². The van der Waals surface area contributed by atoms with Gasteiger partial charge < -0.3 is 9.84 Å². The molecule has 1 saturated heterocycles. The molecule has 2 fully saturated rings. The van der Waals surface area contributed by atoms with Gasteiger partial charge in [-0.25, -0.2) is 0 Å². The number of aliphatic hydroxyl groups excluding tert-OH is 1. The van der Waals surface area contributed by atoms with Gasteiger partial charge in [0.05, 0.1) is 18.4 Å². The molecule has 0 aromatic heterocycles. The van der Waals surface area contributed by atoms with Crippen molar-refractivity contribution in [2.75, 3.05) is 13.2 Å². The summed E-state index contributed by atoms with van der Waals surface area (Å²) in [6, 6.07) is 4.03. The molecule has 0 radical (unpaired) electrons. The third kappa shape index (κ3) is 3.43. The average Bonchev–Trinajstić information content (AvgIpc) is 2.84. The predicted molar refractivity (Wildman–Crippen MR) is 94.3 cm³/mol. The number of β-amino-alcohol motifs (C(OH)–C–C–N with tert-alkyl or cyclic N) is 1. The molecule has 3 unspecified atom stereocenters. The molecule has 25 heavy (non-hydrogen) atoms. The summed E-state index contributed by atoms with van der Waals surface area (Å²) in [5.74, 6) is 0.200. The smallest absolute Gasteiger partial charge is 0.233 e. The van der Waals surface area contributed by atoms with Gasteiger partial charge in [0, 0.05) is 0 Å². The fourth-order valence-electron chi connectivity index (χ4n) is 4.00. The first-order valence-electron chi connectivity index (χ1n) is 9.13. The number of likely N-dealkylation sites (tertiary alicyclic amines) is 1. The summed E-state index contributed by atoms with van der Waals surface area (Å²) >= 11 is 0. The molecular formula is C20H27NO4. The molecule has 5 heteroatoms. The number of imide groups is 1. The van der Waals surface area contributed by atoms with Gasteiger partial charge >= 0.3 is 0 Å². The lowest BCUT2D eigenvalue weighted by Gasteiger charge is -2.21. The first-order chi connectivity index (χ1) is 11.9. The van der Waals surface area contributed by atoms with Crippen molar-refractivity contribution in [2.45, 2.75) is 52.6 Å². The molecule has 1 N–H and O–H groups in total. The highest BCUT2D eigenvalue weighted by Crippen LogP contribution is 2.38. The van der Waals surface area contributed by atoms with E-state index in [0.717, 1.165) is 48.1 Å². The Morgan fingerprint density at radius 3 is 2.24 bits per heavy atom. The number of hydrogen-bond donors (Lipinski definition) is 1. The first-order valence-corrected chi connectivity index (χ1v) is 9.13. The maximum atomic E-state index is 12.5. The number of amides is 2. The maximum Gasteiger partial charge on any atom is 0.233 e. The number of aliphatic hydroxyl groups is 1. The van der Waals surface area contributed by atoms with Crippen molar-refractivity contribution in [1.82, 2.24) is 4.90 Å². The molecule has 0 spiro atoms. The fourth-order valence-corrected chi connectivity index (χ4v) is 4.00. The van der Waals surface area contributed by atoms with Crippen LogP contribution in [0.5, 0.6) is 5.75 Å². The van der Waals surface area contributed by atoms with E-state index in [1.54, 1.807) is 0 Å². The van der Waals surface area contributed by atoms with Gasteiger partial charge in [-0.05, 0) is 50.3 Å². The fraction of sp³-hybridized carbons (Fsp3) is 0.600. The van der Waals surface area contributed by atoms with Gasteiger partial charge in [0.1, 0.15) is 18.5 Å². The highest BCUT2D eigenvalue weighted by atomic mass is 16.5. The molecular weight excluding hydrogens is 318 g/mol. The van der Waals surface area contributed by atoms with E-state index in [0.29, 0.717) is 0 Å². The number of rotatable bonds is 5. The van der Waals surface area contributed by atoms with Gasteiger partial charge in [-0.2, -0.15) is 0 Å². The average molecular weight is 345 g/mol. The summed E-state index contributed by atoms with van der Waals surface area (Å²) < 4.78 is 5.81. The van der Waals surface area contributed by atoms with Crippen LogP contribution in [0.1, 0.15) is 42.4 Å². The SMILES string of the molecule is Cc1ccc(C)c(OCC(O)CN2C(=O)C3CCCCC3C2=O)c1C. The Morgan fingerprint density at radius 2 is 1.64 bits per heavy atom. The summed E-state index contributed by atoms with van der Waals surface area (Å²) in [4.78, 5) is 26.2. The van der Waals surface area contributed by atoms with Gasteiger partial charge in [0.2, 0.25) is 11.8 Å². The van der Waals surface area contributed by atoms with E-state index in [-0.39, 0.29) is 36.8 Å². The van der Waals surface area contributed by atoms with E-state index in [1.165, 1.54) is 4.90 Å². The van der Waals surface area contributed by atoms with Crippen molar-refractivity contribution < 1.29 is 19.4 Å². The van der Waals surface area contributed by atoms with Crippen molar-refractivity contribution in [3.63, 3.8) is 0 Å². The van der Waals surface area contributed by atoms with Crippen LogP contribution in [0.25, 0.3) is 0 Å². The number of fused-ring (bicyclic) bond motifs is 1. The Labute approximate surface area is 149 Å². The van der Waals surface area contributed by atoms with Gasteiger partial charge in [-0.1, -0.05) is 25.0 Å². The lowest BCUT2D eigenvalue weighted by Crippen LogP contribution is -2.40. The number of ether oxygens (including phenoxy) is 1. The number of benzene rings is 1. The van der Waals surface area contributed by atoms with E-state index in [9.17, 15) is 14.7 Å². The van der Waals surface area contributed by atoms with E-state index >= 15 is 0 Å². The number of carbonyl (C=O) groups is 2. The van der Waals surface area contributed by atoms with Crippen LogP contribution in [-0.2, 0) is 9.59 Å². The molecule has 1 aromatic carbocycles. The normalized spacial score (nSPS) is 24.4. The van der Waals surface area contributed by atoms with E-state index < -0.39 is 6.10 Å². The Morgan fingerprint density at radius 1 is 1.08 bits per heavy atom. The second kappa shape index (κ2) is 7.16. The molecule has 1 saturated carbocycles. The quantitative estimate of drug-likeness (QED) is 0.833. The van der Waals surface area contributed by atoms with Gasteiger partial charge in [0.15, 0.2) is 0 Å². The van der Waals surface area contributed by atoms with E-state index in [2.05, 4.69) is 0 Å². The van der Waals surface area contributed by atoms with Crippen molar-refractivity contribution in [2.24, 2.45) is 11.8 Å². The van der Waals surface area contributed by atoms with Crippen LogP contribution in [0.15, 0.2) is 12.1 Å². The van der Waals surface area contributed by atoms with E-state index in [1.807, 2.05) is 32.9 Å². The minimum Gasteiger partial charge on any atom is -0.490 e. The summed E-state index contributed by atoms with van der Waals surface area (Å²) in [6.45, 7) is 6.06.